The van der Waals surface area contributed by atoms with Crippen molar-refractivity contribution in [3.8, 4) is 0 Å². The molecule has 0 saturated heterocycles. The summed E-state index contributed by atoms with van der Waals surface area (Å²) in [5.41, 5.74) is 1.71. The van der Waals surface area contributed by atoms with Gasteiger partial charge in [-0.15, -0.1) is 0 Å². The minimum absolute atomic E-state index is 0.101. The molecule has 3 heteroatoms. The van der Waals surface area contributed by atoms with E-state index < -0.39 is 0 Å². The van der Waals surface area contributed by atoms with Crippen LogP contribution in [0.15, 0.2) is 6.20 Å². The standard InChI is InChI=1S/C11H18N2O/c1-5-8(3)11(14)9-7-13(4)12-10(9)6-2/h7-8H,5-6H2,1-4H3. The maximum absolute atomic E-state index is 11.9. The molecule has 1 aromatic heterocycles. The highest BCUT2D eigenvalue weighted by Crippen LogP contribution is 2.15. The largest absolute Gasteiger partial charge is 0.294 e. The highest BCUT2D eigenvalue weighted by Gasteiger charge is 2.18. The van der Waals surface area contributed by atoms with Crippen LogP contribution in [-0.2, 0) is 13.5 Å². The average Bonchev–Trinajstić information content (AvgIpc) is 2.57. The average molecular weight is 194 g/mol. The number of carbonyl (C=O) groups is 1. The molecular weight excluding hydrogens is 176 g/mol. The van der Waals surface area contributed by atoms with Gasteiger partial charge in [-0.3, -0.25) is 9.48 Å². The second-order valence-corrected chi connectivity index (χ2v) is 3.69. The van der Waals surface area contributed by atoms with Gasteiger partial charge in [-0.25, -0.2) is 0 Å². The third-order valence-electron chi connectivity index (χ3n) is 2.57. The van der Waals surface area contributed by atoms with E-state index in [4.69, 9.17) is 0 Å². The molecule has 1 rings (SSSR count). The first-order valence-corrected chi connectivity index (χ1v) is 5.16. The molecule has 0 N–H and O–H groups in total. The predicted molar refractivity (Wildman–Crippen MR) is 56.4 cm³/mol. The molecule has 1 atom stereocenters. The van der Waals surface area contributed by atoms with Gasteiger partial charge in [0, 0.05) is 19.2 Å². The molecule has 0 aromatic carbocycles. The number of rotatable bonds is 4. The van der Waals surface area contributed by atoms with E-state index in [2.05, 4.69) is 5.10 Å². The fraction of sp³-hybridized carbons (Fsp3) is 0.636. The molecule has 0 saturated carbocycles. The Morgan fingerprint density at radius 1 is 1.57 bits per heavy atom. The Morgan fingerprint density at radius 2 is 2.21 bits per heavy atom. The predicted octanol–water partition coefficient (Wildman–Crippen LogP) is 2.21. The molecule has 1 aromatic rings. The summed E-state index contributed by atoms with van der Waals surface area (Å²) in [5.74, 6) is 0.321. The maximum atomic E-state index is 11.9. The van der Waals surface area contributed by atoms with Crippen LogP contribution < -0.4 is 0 Å². The highest BCUT2D eigenvalue weighted by molar-refractivity contribution is 5.98. The summed E-state index contributed by atoms with van der Waals surface area (Å²) in [6.45, 7) is 6.02. The lowest BCUT2D eigenvalue weighted by molar-refractivity contribution is 0.0926. The topological polar surface area (TPSA) is 34.9 Å². The fourth-order valence-corrected chi connectivity index (χ4v) is 1.45. The lowest BCUT2D eigenvalue weighted by Crippen LogP contribution is -2.11. The van der Waals surface area contributed by atoms with Crippen LogP contribution in [0.25, 0.3) is 0 Å². The van der Waals surface area contributed by atoms with E-state index in [9.17, 15) is 4.79 Å². The van der Waals surface area contributed by atoms with Crippen molar-refractivity contribution in [2.45, 2.75) is 33.6 Å². The fourth-order valence-electron chi connectivity index (χ4n) is 1.45. The number of hydrogen-bond acceptors (Lipinski definition) is 2. The lowest BCUT2D eigenvalue weighted by Gasteiger charge is -2.05. The van der Waals surface area contributed by atoms with Gasteiger partial charge >= 0.3 is 0 Å². The van der Waals surface area contributed by atoms with Crippen LogP contribution in [-0.4, -0.2) is 15.6 Å². The third kappa shape index (κ3) is 2.03. The van der Waals surface area contributed by atoms with E-state index >= 15 is 0 Å². The van der Waals surface area contributed by atoms with Crippen LogP contribution in [0.2, 0.25) is 0 Å². The van der Waals surface area contributed by atoms with Crippen molar-refractivity contribution in [2.75, 3.05) is 0 Å². The molecule has 0 aliphatic heterocycles. The zero-order valence-electron chi connectivity index (χ0n) is 9.37. The number of ketones is 1. The molecule has 0 spiro atoms. The maximum Gasteiger partial charge on any atom is 0.169 e. The summed E-state index contributed by atoms with van der Waals surface area (Å²) < 4.78 is 1.72. The van der Waals surface area contributed by atoms with E-state index in [1.54, 1.807) is 4.68 Å². The highest BCUT2D eigenvalue weighted by atomic mass is 16.1. The van der Waals surface area contributed by atoms with Gasteiger partial charge in [0.2, 0.25) is 0 Å². The molecule has 78 valence electrons. The molecule has 0 bridgehead atoms. The van der Waals surface area contributed by atoms with Crippen LogP contribution >= 0.6 is 0 Å². The Kier molecular flexibility index (Phi) is 3.44. The second-order valence-electron chi connectivity index (χ2n) is 3.69. The number of aromatic nitrogens is 2. The zero-order valence-corrected chi connectivity index (χ0v) is 9.37. The quantitative estimate of drug-likeness (QED) is 0.689. The van der Waals surface area contributed by atoms with Gasteiger partial charge in [-0.05, 0) is 12.8 Å². The Morgan fingerprint density at radius 3 is 2.71 bits per heavy atom. The molecule has 3 nitrogen and oxygen atoms in total. The van der Waals surface area contributed by atoms with Crippen molar-refractivity contribution >= 4 is 5.78 Å². The molecule has 1 heterocycles. The second kappa shape index (κ2) is 4.40. The molecule has 0 aliphatic rings. The minimum Gasteiger partial charge on any atom is -0.294 e. The van der Waals surface area contributed by atoms with Gasteiger partial charge in [0.25, 0.3) is 0 Å². The van der Waals surface area contributed by atoms with Crippen LogP contribution in [0.1, 0.15) is 43.2 Å². The van der Waals surface area contributed by atoms with Crippen molar-refractivity contribution in [3.63, 3.8) is 0 Å². The van der Waals surface area contributed by atoms with Gasteiger partial charge < -0.3 is 0 Å². The molecule has 0 fully saturated rings. The Bertz CT molecular complexity index is 328. The van der Waals surface area contributed by atoms with E-state index in [1.165, 1.54) is 0 Å². The Hall–Kier alpha value is -1.12. The smallest absolute Gasteiger partial charge is 0.169 e. The van der Waals surface area contributed by atoms with E-state index in [1.807, 2.05) is 34.0 Å². The van der Waals surface area contributed by atoms with E-state index in [0.29, 0.717) is 0 Å². The first-order chi connectivity index (χ1) is 6.60. The number of carbonyl (C=O) groups excluding carboxylic acids is 1. The van der Waals surface area contributed by atoms with Gasteiger partial charge in [0.1, 0.15) is 0 Å². The molecule has 0 radical (unpaired) electrons. The van der Waals surface area contributed by atoms with Gasteiger partial charge in [0.05, 0.1) is 11.3 Å². The van der Waals surface area contributed by atoms with Gasteiger partial charge in [-0.1, -0.05) is 20.8 Å². The molecular formula is C11H18N2O. The monoisotopic (exact) mass is 194 g/mol. The summed E-state index contributed by atoms with van der Waals surface area (Å²) in [6, 6.07) is 0. The number of nitrogens with zero attached hydrogens (tertiary/aromatic N) is 2. The normalized spacial score (nSPS) is 12.9. The molecule has 1 unspecified atom stereocenters. The van der Waals surface area contributed by atoms with Crippen molar-refractivity contribution in [1.82, 2.24) is 9.78 Å². The summed E-state index contributed by atoms with van der Waals surface area (Å²) in [5, 5.41) is 4.26. The SMILES string of the molecule is CCc1nn(C)cc1C(=O)C(C)CC. The zero-order chi connectivity index (χ0) is 10.7. The molecule has 0 aliphatic carbocycles. The molecule has 14 heavy (non-hydrogen) atoms. The summed E-state index contributed by atoms with van der Waals surface area (Å²) in [6.07, 6.45) is 3.53. The van der Waals surface area contributed by atoms with Crippen LogP contribution in [0.4, 0.5) is 0 Å². The van der Waals surface area contributed by atoms with Crippen molar-refractivity contribution in [1.29, 1.82) is 0 Å². The molecule has 0 amide bonds. The van der Waals surface area contributed by atoms with Gasteiger partial charge in [0.15, 0.2) is 5.78 Å². The van der Waals surface area contributed by atoms with Crippen LogP contribution in [0.3, 0.4) is 0 Å². The van der Waals surface area contributed by atoms with Crippen LogP contribution in [0.5, 0.6) is 0 Å². The first kappa shape index (κ1) is 11.0. The minimum atomic E-state index is 0.101. The van der Waals surface area contributed by atoms with E-state index in [0.717, 1.165) is 24.1 Å². The Labute approximate surface area is 85.1 Å². The van der Waals surface area contributed by atoms with Crippen molar-refractivity contribution < 1.29 is 4.79 Å². The van der Waals surface area contributed by atoms with Crippen molar-refractivity contribution in [3.05, 3.63) is 17.5 Å². The van der Waals surface area contributed by atoms with Crippen LogP contribution in [0, 0.1) is 5.92 Å². The Balaban J connectivity index is 2.99. The lowest BCUT2D eigenvalue weighted by atomic mass is 9.97. The van der Waals surface area contributed by atoms with Gasteiger partial charge in [-0.2, -0.15) is 5.10 Å². The number of aryl methyl sites for hydroxylation is 2. The third-order valence-corrected chi connectivity index (χ3v) is 2.57. The first-order valence-electron chi connectivity index (χ1n) is 5.16. The number of hydrogen-bond donors (Lipinski definition) is 0. The summed E-state index contributed by atoms with van der Waals surface area (Å²) >= 11 is 0. The van der Waals surface area contributed by atoms with Crippen molar-refractivity contribution in [2.24, 2.45) is 13.0 Å². The van der Waals surface area contributed by atoms with E-state index in [-0.39, 0.29) is 11.7 Å². The summed E-state index contributed by atoms with van der Waals surface area (Å²) in [4.78, 5) is 11.9. The summed E-state index contributed by atoms with van der Waals surface area (Å²) in [7, 11) is 1.85. The number of Topliss-reactive ketones (excluding diaryl/α,β-unsaturated/α-hetero) is 1.